The number of allylic oxidation sites excluding steroid dienone is 1. The van der Waals surface area contributed by atoms with Crippen LogP contribution in [0.15, 0.2) is 11.6 Å². The number of rotatable bonds is 2. The highest BCUT2D eigenvalue weighted by Crippen LogP contribution is 2.67. The number of Topliss-reactive ketones (excluding diaryl/α,β-unsaturated/α-hetero) is 1. The van der Waals surface area contributed by atoms with Crippen LogP contribution in [-0.2, 0) is 9.59 Å². The van der Waals surface area contributed by atoms with Crippen molar-refractivity contribution < 1.29 is 30.0 Å². The number of hydrogen-bond acceptors (Lipinski definition) is 6. The van der Waals surface area contributed by atoms with Crippen LogP contribution in [-0.4, -0.2) is 56.4 Å². The molecule has 0 bridgehead atoms. The Bertz CT molecular complexity index is 715. The molecule has 27 heavy (non-hydrogen) atoms. The van der Waals surface area contributed by atoms with E-state index < -0.39 is 41.0 Å². The molecule has 6 heteroatoms. The van der Waals surface area contributed by atoms with Gasteiger partial charge < -0.3 is 20.4 Å². The van der Waals surface area contributed by atoms with E-state index in [0.29, 0.717) is 19.3 Å². The molecule has 8 unspecified atom stereocenters. The highest BCUT2D eigenvalue weighted by molar-refractivity contribution is 5.95. The zero-order valence-electron chi connectivity index (χ0n) is 16.0. The van der Waals surface area contributed by atoms with E-state index >= 15 is 0 Å². The van der Waals surface area contributed by atoms with Crippen LogP contribution in [0.1, 0.15) is 52.4 Å². The van der Waals surface area contributed by atoms with Gasteiger partial charge in [-0.1, -0.05) is 19.4 Å². The molecule has 0 saturated heterocycles. The monoisotopic (exact) mass is 378 g/mol. The quantitative estimate of drug-likeness (QED) is 0.564. The minimum atomic E-state index is -1.60. The number of fused-ring (bicyclic) bond motifs is 5. The van der Waals surface area contributed by atoms with Crippen LogP contribution in [0.2, 0.25) is 0 Å². The third kappa shape index (κ3) is 2.33. The molecule has 0 aromatic carbocycles. The molecule has 4 aliphatic carbocycles. The minimum absolute atomic E-state index is 0.0690. The van der Waals surface area contributed by atoms with Crippen LogP contribution in [0.3, 0.4) is 0 Å². The summed E-state index contributed by atoms with van der Waals surface area (Å²) >= 11 is 0. The van der Waals surface area contributed by atoms with Crippen LogP contribution in [0.4, 0.5) is 0 Å². The summed E-state index contributed by atoms with van der Waals surface area (Å²) in [5, 5.41) is 41.9. The van der Waals surface area contributed by atoms with Crippen molar-refractivity contribution in [1.29, 1.82) is 0 Å². The second-order valence-electron chi connectivity index (χ2n) is 9.71. The number of ketones is 2. The molecule has 3 fully saturated rings. The molecule has 0 radical (unpaired) electrons. The van der Waals surface area contributed by atoms with Gasteiger partial charge in [-0.25, -0.2) is 0 Å². The first-order chi connectivity index (χ1) is 12.6. The van der Waals surface area contributed by atoms with Crippen molar-refractivity contribution in [3.05, 3.63) is 11.6 Å². The van der Waals surface area contributed by atoms with E-state index in [0.717, 1.165) is 18.4 Å². The summed E-state index contributed by atoms with van der Waals surface area (Å²) in [5.41, 5.74) is -1.80. The Balaban J connectivity index is 1.74. The number of aliphatic hydroxyl groups excluding tert-OH is 3. The number of carbonyl (C=O) groups excluding carboxylic acids is 2. The van der Waals surface area contributed by atoms with Gasteiger partial charge in [0.25, 0.3) is 0 Å². The lowest BCUT2D eigenvalue weighted by atomic mass is 9.45. The molecule has 3 saturated carbocycles. The topological polar surface area (TPSA) is 115 Å². The number of carbonyl (C=O) groups is 2. The zero-order chi connectivity index (χ0) is 19.8. The first-order valence-corrected chi connectivity index (χ1v) is 10.1. The average molecular weight is 378 g/mol. The Morgan fingerprint density at radius 2 is 1.93 bits per heavy atom. The second-order valence-corrected chi connectivity index (χ2v) is 9.71. The van der Waals surface area contributed by atoms with Crippen LogP contribution in [0.5, 0.6) is 0 Å². The Hall–Kier alpha value is -1.08. The molecule has 0 spiro atoms. The van der Waals surface area contributed by atoms with Gasteiger partial charge in [0, 0.05) is 5.41 Å². The predicted molar refractivity (Wildman–Crippen MR) is 96.5 cm³/mol. The fraction of sp³-hybridized carbons (Fsp3) is 0.810. The van der Waals surface area contributed by atoms with Crippen molar-refractivity contribution in [1.82, 2.24) is 0 Å². The Kier molecular flexibility index (Phi) is 4.25. The van der Waals surface area contributed by atoms with Crippen molar-refractivity contribution in [3.63, 3.8) is 0 Å². The normalized spacial score (nSPS) is 51.9. The van der Waals surface area contributed by atoms with Gasteiger partial charge in [0.2, 0.25) is 0 Å². The van der Waals surface area contributed by atoms with Gasteiger partial charge in [0.05, 0.1) is 6.10 Å². The van der Waals surface area contributed by atoms with E-state index in [1.807, 2.05) is 13.8 Å². The lowest BCUT2D eigenvalue weighted by Crippen LogP contribution is -2.62. The molecule has 0 amide bonds. The fourth-order valence-corrected chi connectivity index (χ4v) is 7.34. The smallest absolute Gasteiger partial charge is 0.190 e. The molecule has 8 atom stereocenters. The molecule has 4 N–H and O–H groups in total. The van der Waals surface area contributed by atoms with Gasteiger partial charge in [-0.15, -0.1) is 0 Å². The molecule has 0 aromatic rings. The number of hydrogen-bond donors (Lipinski definition) is 4. The first kappa shape index (κ1) is 19.2. The summed E-state index contributed by atoms with van der Waals surface area (Å²) in [7, 11) is 0. The Morgan fingerprint density at radius 1 is 1.22 bits per heavy atom. The van der Waals surface area contributed by atoms with E-state index in [4.69, 9.17) is 0 Å². The van der Waals surface area contributed by atoms with Crippen molar-refractivity contribution in [3.8, 4) is 0 Å². The molecule has 0 aromatic heterocycles. The first-order valence-electron chi connectivity index (χ1n) is 10.1. The fourth-order valence-electron chi connectivity index (χ4n) is 7.34. The zero-order valence-corrected chi connectivity index (χ0v) is 16.0. The van der Waals surface area contributed by atoms with Gasteiger partial charge in [0.15, 0.2) is 11.6 Å². The van der Waals surface area contributed by atoms with Crippen molar-refractivity contribution in [2.24, 2.45) is 28.6 Å². The van der Waals surface area contributed by atoms with Crippen LogP contribution in [0.25, 0.3) is 0 Å². The highest BCUT2D eigenvalue weighted by atomic mass is 16.3. The largest absolute Gasteiger partial charge is 0.393 e. The SMILES string of the molecule is CC12CC(O)C(=O)C=C1CCC1C2C(O)CC2(C)C1CCC2(O)C(=O)CO. The van der Waals surface area contributed by atoms with Gasteiger partial charge in [-0.05, 0) is 67.8 Å². The van der Waals surface area contributed by atoms with Crippen LogP contribution in [0, 0.1) is 28.6 Å². The summed E-state index contributed by atoms with van der Waals surface area (Å²) in [6.45, 7) is 3.23. The van der Waals surface area contributed by atoms with Gasteiger partial charge >= 0.3 is 0 Å². The van der Waals surface area contributed by atoms with Crippen molar-refractivity contribution >= 4 is 11.6 Å². The maximum atomic E-state index is 12.4. The van der Waals surface area contributed by atoms with Crippen molar-refractivity contribution in [2.45, 2.75) is 70.2 Å². The standard InChI is InChI=1S/C21H30O6/c1-19-8-15(24)14(23)7-11(19)3-4-12-13-5-6-21(27,17(26)10-22)20(13,2)9-16(25)18(12)19/h7,12-13,15-16,18,22,24-25,27H,3-6,8-10H2,1-2H3. The van der Waals surface area contributed by atoms with Gasteiger partial charge in [-0.3, -0.25) is 9.59 Å². The third-order valence-corrected chi connectivity index (χ3v) is 8.69. The average Bonchev–Trinajstić information content (AvgIpc) is 2.87. The molecule has 0 heterocycles. The maximum absolute atomic E-state index is 12.4. The third-order valence-electron chi connectivity index (χ3n) is 8.69. The maximum Gasteiger partial charge on any atom is 0.190 e. The highest BCUT2D eigenvalue weighted by Gasteiger charge is 2.68. The molecule has 6 nitrogen and oxygen atoms in total. The summed E-state index contributed by atoms with van der Waals surface area (Å²) < 4.78 is 0. The minimum Gasteiger partial charge on any atom is -0.393 e. The molecular formula is C21H30O6. The Labute approximate surface area is 159 Å². The summed E-state index contributed by atoms with van der Waals surface area (Å²) in [6, 6.07) is 0. The van der Waals surface area contributed by atoms with Gasteiger partial charge in [-0.2, -0.15) is 0 Å². The van der Waals surface area contributed by atoms with Crippen LogP contribution >= 0.6 is 0 Å². The summed E-state index contributed by atoms with van der Waals surface area (Å²) in [5.74, 6) is -0.731. The molecular weight excluding hydrogens is 348 g/mol. The lowest BCUT2D eigenvalue weighted by Gasteiger charge is -2.60. The van der Waals surface area contributed by atoms with E-state index in [1.165, 1.54) is 0 Å². The van der Waals surface area contributed by atoms with E-state index in [-0.39, 0.29) is 30.0 Å². The molecule has 0 aliphatic heterocycles. The Morgan fingerprint density at radius 3 is 2.59 bits per heavy atom. The molecule has 4 rings (SSSR count). The molecule has 4 aliphatic rings. The van der Waals surface area contributed by atoms with E-state index in [1.54, 1.807) is 6.08 Å². The van der Waals surface area contributed by atoms with Crippen molar-refractivity contribution in [2.75, 3.05) is 6.61 Å². The summed E-state index contributed by atoms with van der Waals surface area (Å²) in [6.07, 6.45) is 2.94. The second kappa shape index (κ2) is 5.96. The molecule has 150 valence electrons. The lowest BCUT2D eigenvalue weighted by molar-refractivity contribution is -0.184. The van der Waals surface area contributed by atoms with Crippen LogP contribution < -0.4 is 0 Å². The van der Waals surface area contributed by atoms with E-state index in [2.05, 4.69) is 0 Å². The summed E-state index contributed by atoms with van der Waals surface area (Å²) in [4.78, 5) is 24.3. The van der Waals surface area contributed by atoms with Gasteiger partial charge in [0.1, 0.15) is 18.3 Å². The number of aliphatic hydroxyl groups is 4. The van der Waals surface area contributed by atoms with E-state index in [9.17, 15) is 30.0 Å². The predicted octanol–water partition coefficient (Wildman–Crippen LogP) is 0.752.